The van der Waals surface area contributed by atoms with Gasteiger partial charge < -0.3 is 20.0 Å². The Morgan fingerprint density at radius 3 is 2.54 bits per heavy atom. The standard InChI is InChI=1S/C22H32N6/c1-3-19-6-4-5-11-28(19)22-16-21(23-17-24-22)25-18-7-9-20(10-8-18)27-14-12-26(2)13-15-27/h7-10,16-17,19H,3-6,11-15H2,1-2H3,(H,23,24,25). The molecule has 150 valence electrons. The summed E-state index contributed by atoms with van der Waals surface area (Å²) in [6, 6.07) is 11.4. The molecule has 0 bridgehead atoms. The molecule has 1 atom stereocenters. The van der Waals surface area contributed by atoms with Gasteiger partial charge in [-0.05, 0) is 57.0 Å². The maximum Gasteiger partial charge on any atom is 0.135 e. The summed E-state index contributed by atoms with van der Waals surface area (Å²) in [5.74, 6) is 1.90. The minimum atomic E-state index is 0.597. The van der Waals surface area contributed by atoms with Gasteiger partial charge in [-0.2, -0.15) is 0 Å². The van der Waals surface area contributed by atoms with Gasteiger partial charge in [0.1, 0.15) is 18.0 Å². The smallest absolute Gasteiger partial charge is 0.135 e. The largest absolute Gasteiger partial charge is 0.369 e. The van der Waals surface area contributed by atoms with E-state index in [0.29, 0.717) is 6.04 Å². The quantitative estimate of drug-likeness (QED) is 0.853. The Hall–Kier alpha value is -2.34. The van der Waals surface area contributed by atoms with Crippen molar-refractivity contribution in [3.8, 4) is 0 Å². The highest BCUT2D eigenvalue weighted by atomic mass is 15.2. The van der Waals surface area contributed by atoms with Gasteiger partial charge in [0.15, 0.2) is 0 Å². The van der Waals surface area contributed by atoms with E-state index in [1.807, 2.05) is 0 Å². The third-order valence-electron chi connectivity index (χ3n) is 6.05. The first-order valence-electron chi connectivity index (χ1n) is 10.6. The van der Waals surface area contributed by atoms with Crippen molar-refractivity contribution in [1.82, 2.24) is 14.9 Å². The fraction of sp³-hybridized carbons (Fsp3) is 0.545. The lowest BCUT2D eigenvalue weighted by molar-refractivity contribution is 0.313. The maximum absolute atomic E-state index is 4.55. The predicted octanol–water partition coefficient (Wildman–Crippen LogP) is 3.74. The zero-order valence-electron chi connectivity index (χ0n) is 17.1. The molecule has 6 heteroatoms. The van der Waals surface area contributed by atoms with Gasteiger partial charge >= 0.3 is 0 Å². The Morgan fingerprint density at radius 1 is 1.00 bits per heavy atom. The molecular formula is C22H32N6. The van der Waals surface area contributed by atoms with Crippen LogP contribution in [0.15, 0.2) is 36.7 Å². The van der Waals surface area contributed by atoms with Crippen molar-refractivity contribution < 1.29 is 0 Å². The number of likely N-dealkylation sites (N-methyl/N-ethyl adjacent to an activating group) is 1. The summed E-state index contributed by atoms with van der Waals surface area (Å²) in [6.45, 7) is 7.79. The molecule has 28 heavy (non-hydrogen) atoms. The van der Waals surface area contributed by atoms with Crippen molar-refractivity contribution in [2.45, 2.75) is 38.6 Å². The first-order chi connectivity index (χ1) is 13.7. The number of piperazine rings is 1. The summed E-state index contributed by atoms with van der Waals surface area (Å²) in [5.41, 5.74) is 2.36. The van der Waals surface area contributed by atoms with E-state index < -0.39 is 0 Å². The van der Waals surface area contributed by atoms with Crippen molar-refractivity contribution in [2.75, 3.05) is 54.9 Å². The number of piperidine rings is 1. The molecule has 2 aliphatic rings. The minimum Gasteiger partial charge on any atom is -0.369 e. The van der Waals surface area contributed by atoms with Crippen LogP contribution in [0.2, 0.25) is 0 Å². The average Bonchev–Trinajstić information content (AvgIpc) is 2.75. The van der Waals surface area contributed by atoms with Crippen LogP contribution in [0.5, 0.6) is 0 Å². The molecule has 1 N–H and O–H groups in total. The summed E-state index contributed by atoms with van der Waals surface area (Å²) >= 11 is 0. The molecule has 0 amide bonds. The summed E-state index contributed by atoms with van der Waals surface area (Å²) in [6.07, 6.45) is 6.68. The Balaban J connectivity index is 1.43. The Kier molecular flexibility index (Phi) is 5.95. The van der Waals surface area contributed by atoms with Crippen molar-refractivity contribution in [2.24, 2.45) is 0 Å². The summed E-state index contributed by atoms with van der Waals surface area (Å²) in [4.78, 5) is 16.3. The highest BCUT2D eigenvalue weighted by Gasteiger charge is 2.22. The van der Waals surface area contributed by atoms with E-state index in [1.165, 1.54) is 31.4 Å². The van der Waals surface area contributed by atoms with E-state index in [4.69, 9.17) is 0 Å². The second kappa shape index (κ2) is 8.78. The van der Waals surface area contributed by atoms with Gasteiger partial charge in [0.05, 0.1) is 0 Å². The molecule has 2 fully saturated rings. The van der Waals surface area contributed by atoms with Gasteiger partial charge in [0, 0.05) is 56.2 Å². The van der Waals surface area contributed by atoms with Crippen molar-refractivity contribution in [3.05, 3.63) is 36.7 Å². The molecule has 4 rings (SSSR count). The molecule has 6 nitrogen and oxygen atoms in total. The van der Waals surface area contributed by atoms with Crippen LogP contribution in [0.1, 0.15) is 32.6 Å². The molecule has 1 aromatic carbocycles. The van der Waals surface area contributed by atoms with E-state index >= 15 is 0 Å². The van der Waals surface area contributed by atoms with E-state index in [0.717, 1.165) is 50.0 Å². The average molecular weight is 381 g/mol. The number of nitrogens with one attached hydrogen (secondary N) is 1. The minimum absolute atomic E-state index is 0.597. The van der Waals surface area contributed by atoms with Crippen LogP contribution in [0.25, 0.3) is 0 Å². The first-order valence-corrected chi connectivity index (χ1v) is 10.6. The third-order valence-corrected chi connectivity index (χ3v) is 6.05. The van der Waals surface area contributed by atoms with Gasteiger partial charge in [0.2, 0.25) is 0 Å². The van der Waals surface area contributed by atoms with E-state index in [-0.39, 0.29) is 0 Å². The summed E-state index contributed by atoms with van der Waals surface area (Å²) in [5, 5.41) is 3.45. The molecule has 2 aliphatic heterocycles. The lowest BCUT2D eigenvalue weighted by atomic mass is 10.0. The molecule has 1 aromatic heterocycles. The van der Waals surface area contributed by atoms with Crippen molar-refractivity contribution >= 4 is 23.0 Å². The van der Waals surface area contributed by atoms with Crippen LogP contribution in [-0.4, -0.2) is 60.7 Å². The van der Waals surface area contributed by atoms with Crippen LogP contribution in [0.3, 0.4) is 0 Å². The molecular weight excluding hydrogens is 348 g/mol. The lowest BCUT2D eigenvalue weighted by Gasteiger charge is -2.36. The van der Waals surface area contributed by atoms with E-state index in [1.54, 1.807) is 6.33 Å². The monoisotopic (exact) mass is 380 g/mol. The Bertz CT molecular complexity index is 754. The van der Waals surface area contributed by atoms with Crippen LogP contribution < -0.4 is 15.1 Å². The fourth-order valence-corrected chi connectivity index (χ4v) is 4.27. The SMILES string of the molecule is CCC1CCCCN1c1cc(Nc2ccc(N3CCN(C)CC3)cc2)ncn1. The fourth-order valence-electron chi connectivity index (χ4n) is 4.27. The zero-order valence-corrected chi connectivity index (χ0v) is 17.1. The molecule has 2 aromatic rings. The molecule has 0 spiro atoms. The first kappa shape index (κ1) is 19.0. The molecule has 0 radical (unpaired) electrons. The molecule has 0 aliphatic carbocycles. The number of benzene rings is 1. The summed E-state index contributed by atoms with van der Waals surface area (Å²) < 4.78 is 0. The second-order valence-electron chi connectivity index (χ2n) is 7.97. The number of hydrogen-bond acceptors (Lipinski definition) is 6. The number of anilines is 4. The van der Waals surface area contributed by atoms with E-state index in [2.05, 4.69) is 74.3 Å². The molecule has 2 saturated heterocycles. The van der Waals surface area contributed by atoms with E-state index in [9.17, 15) is 0 Å². The maximum atomic E-state index is 4.55. The lowest BCUT2D eigenvalue weighted by Crippen LogP contribution is -2.44. The number of aromatic nitrogens is 2. The van der Waals surface area contributed by atoms with Gasteiger partial charge in [-0.3, -0.25) is 0 Å². The zero-order chi connectivity index (χ0) is 19.3. The van der Waals surface area contributed by atoms with Crippen LogP contribution in [0, 0.1) is 0 Å². The van der Waals surface area contributed by atoms with Gasteiger partial charge in [-0.15, -0.1) is 0 Å². The topological polar surface area (TPSA) is 47.5 Å². The summed E-state index contributed by atoms with van der Waals surface area (Å²) in [7, 11) is 2.19. The van der Waals surface area contributed by atoms with Crippen LogP contribution >= 0.6 is 0 Å². The second-order valence-corrected chi connectivity index (χ2v) is 7.97. The molecule has 1 unspecified atom stereocenters. The predicted molar refractivity (Wildman–Crippen MR) is 117 cm³/mol. The molecule has 0 saturated carbocycles. The highest BCUT2D eigenvalue weighted by molar-refractivity contribution is 5.62. The van der Waals surface area contributed by atoms with Gasteiger partial charge in [-0.25, -0.2) is 9.97 Å². The number of hydrogen-bond donors (Lipinski definition) is 1. The molecule has 3 heterocycles. The van der Waals surface area contributed by atoms with Gasteiger partial charge in [0.25, 0.3) is 0 Å². The van der Waals surface area contributed by atoms with Crippen molar-refractivity contribution in [1.29, 1.82) is 0 Å². The van der Waals surface area contributed by atoms with Gasteiger partial charge in [-0.1, -0.05) is 6.92 Å². The van der Waals surface area contributed by atoms with Crippen LogP contribution in [-0.2, 0) is 0 Å². The highest BCUT2D eigenvalue weighted by Crippen LogP contribution is 2.27. The van der Waals surface area contributed by atoms with Crippen molar-refractivity contribution in [3.63, 3.8) is 0 Å². The third kappa shape index (κ3) is 4.38. The Morgan fingerprint density at radius 2 is 1.79 bits per heavy atom. The number of nitrogens with zero attached hydrogens (tertiary/aromatic N) is 5. The Labute approximate surface area is 168 Å². The number of rotatable bonds is 5. The normalized spacial score (nSPS) is 21.0. The van der Waals surface area contributed by atoms with Crippen LogP contribution in [0.4, 0.5) is 23.0 Å².